The summed E-state index contributed by atoms with van der Waals surface area (Å²) in [4.78, 5) is 0. The molecule has 0 atom stereocenters. The minimum atomic E-state index is 0.368. The van der Waals surface area contributed by atoms with Crippen LogP contribution >= 0.6 is 0 Å². The third-order valence-electron chi connectivity index (χ3n) is 6.52. The SMILES string of the molecule is CC.CCc1ccc(CC)cc1.CCc1ccc(CC)cc1.Cc1ccccc1O.c1ccc(Oc2ccccc2)cc1. The molecule has 0 radical (unpaired) electrons. The smallest absolute Gasteiger partial charge is 0.127 e. The van der Waals surface area contributed by atoms with Gasteiger partial charge in [0.1, 0.15) is 17.2 Å². The Morgan fingerprint density at radius 2 is 0.698 bits per heavy atom. The largest absolute Gasteiger partial charge is 0.508 e. The van der Waals surface area contributed by atoms with Crippen LogP contribution in [0.15, 0.2) is 133 Å². The summed E-state index contributed by atoms with van der Waals surface area (Å²) < 4.78 is 5.58. The summed E-state index contributed by atoms with van der Waals surface area (Å²) in [5.74, 6) is 2.11. The van der Waals surface area contributed by atoms with Crippen molar-refractivity contribution in [1.29, 1.82) is 0 Å². The molecule has 228 valence electrons. The second-order valence-corrected chi connectivity index (χ2v) is 9.56. The zero-order valence-corrected chi connectivity index (χ0v) is 27.4. The molecule has 2 nitrogen and oxygen atoms in total. The third-order valence-corrected chi connectivity index (χ3v) is 6.52. The molecule has 0 saturated carbocycles. The monoisotopic (exact) mass is 576 g/mol. The van der Waals surface area contributed by atoms with Crippen molar-refractivity contribution >= 4 is 0 Å². The maximum Gasteiger partial charge on any atom is 0.127 e. The van der Waals surface area contributed by atoms with E-state index in [0.717, 1.165) is 42.7 Å². The Balaban J connectivity index is 0.000000285. The second-order valence-electron chi connectivity index (χ2n) is 9.56. The van der Waals surface area contributed by atoms with Gasteiger partial charge < -0.3 is 9.84 Å². The first-order valence-electron chi connectivity index (χ1n) is 15.7. The lowest BCUT2D eigenvalue weighted by Crippen LogP contribution is -1.81. The van der Waals surface area contributed by atoms with Crippen LogP contribution in [0.2, 0.25) is 0 Å². The average molecular weight is 577 g/mol. The highest BCUT2D eigenvalue weighted by atomic mass is 16.5. The van der Waals surface area contributed by atoms with E-state index in [2.05, 4.69) is 76.2 Å². The Bertz CT molecular complexity index is 1170. The fraction of sp³-hybridized carbons (Fsp3) is 0.268. The lowest BCUT2D eigenvalue weighted by molar-refractivity contribution is 0.471. The van der Waals surface area contributed by atoms with E-state index in [4.69, 9.17) is 9.84 Å². The van der Waals surface area contributed by atoms with Gasteiger partial charge in [0, 0.05) is 0 Å². The van der Waals surface area contributed by atoms with E-state index < -0.39 is 0 Å². The number of hydrogen-bond acceptors (Lipinski definition) is 2. The molecular formula is C41H52O2. The number of phenols is 1. The second kappa shape index (κ2) is 23.3. The van der Waals surface area contributed by atoms with Gasteiger partial charge >= 0.3 is 0 Å². The van der Waals surface area contributed by atoms with Gasteiger partial charge in [-0.3, -0.25) is 0 Å². The lowest BCUT2D eigenvalue weighted by atomic mass is 10.1. The molecule has 0 saturated heterocycles. The first-order chi connectivity index (χ1) is 21.0. The van der Waals surface area contributed by atoms with Crippen LogP contribution in [0.4, 0.5) is 0 Å². The Labute approximate surface area is 262 Å². The summed E-state index contributed by atoms with van der Waals surface area (Å²) in [6.07, 6.45) is 4.57. The quantitative estimate of drug-likeness (QED) is 0.218. The molecule has 5 rings (SSSR count). The van der Waals surface area contributed by atoms with E-state index in [1.807, 2.05) is 99.6 Å². The Hall–Kier alpha value is -4.30. The zero-order chi connectivity index (χ0) is 31.7. The van der Waals surface area contributed by atoms with Crippen LogP contribution in [0, 0.1) is 6.92 Å². The standard InChI is InChI=1S/C12H10O.2C10H14.C7H8O.C2H6/c1-3-7-11(8-4-1)13-12-9-5-2-6-10-12;2*1-3-9-5-7-10(4-2)8-6-9;1-6-4-2-3-5-7(6)8;1-2/h1-10H;2*5-8H,3-4H2,1-2H3;2-5,8H,1H3;1-2H3. The lowest BCUT2D eigenvalue weighted by Gasteiger charge is -2.03. The van der Waals surface area contributed by atoms with Crippen LogP contribution in [-0.2, 0) is 25.7 Å². The van der Waals surface area contributed by atoms with E-state index in [9.17, 15) is 0 Å². The van der Waals surface area contributed by atoms with Crippen LogP contribution in [0.25, 0.3) is 0 Å². The van der Waals surface area contributed by atoms with Crippen molar-refractivity contribution in [3.63, 3.8) is 0 Å². The molecule has 0 bridgehead atoms. The number of ether oxygens (including phenoxy) is 1. The van der Waals surface area contributed by atoms with Crippen LogP contribution in [0.5, 0.6) is 17.2 Å². The van der Waals surface area contributed by atoms with Crippen molar-refractivity contribution < 1.29 is 9.84 Å². The molecule has 0 aromatic heterocycles. The predicted octanol–water partition coefficient (Wildman–Crippen LogP) is 11.8. The molecule has 0 unspecified atom stereocenters. The Morgan fingerprint density at radius 3 is 0.930 bits per heavy atom. The number of aryl methyl sites for hydroxylation is 5. The van der Waals surface area contributed by atoms with Crippen LogP contribution in [0.1, 0.15) is 69.4 Å². The summed E-state index contributed by atoms with van der Waals surface area (Å²) >= 11 is 0. The number of rotatable bonds is 6. The summed E-state index contributed by atoms with van der Waals surface area (Å²) in [7, 11) is 0. The summed E-state index contributed by atoms with van der Waals surface area (Å²) in [5, 5.41) is 8.92. The topological polar surface area (TPSA) is 29.5 Å². The number of aromatic hydroxyl groups is 1. The normalized spacial score (nSPS) is 9.28. The van der Waals surface area contributed by atoms with Crippen LogP contribution in [-0.4, -0.2) is 5.11 Å². The molecule has 0 amide bonds. The molecule has 0 heterocycles. The average Bonchev–Trinajstić information content (AvgIpc) is 3.09. The Kier molecular flexibility index (Phi) is 19.9. The highest BCUT2D eigenvalue weighted by molar-refractivity contribution is 5.31. The van der Waals surface area contributed by atoms with Gasteiger partial charge in [-0.05, 0) is 90.8 Å². The molecule has 0 aliphatic carbocycles. The molecule has 1 N–H and O–H groups in total. The third kappa shape index (κ3) is 16.1. The van der Waals surface area contributed by atoms with Gasteiger partial charge in [-0.25, -0.2) is 0 Å². The number of para-hydroxylation sites is 3. The number of hydrogen-bond donors (Lipinski definition) is 1. The fourth-order valence-corrected chi connectivity index (χ4v) is 3.70. The van der Waals surface area contributed by atoms with Gasteiger partial charge in [-0.1, -0.05) is 145 Å². The number of phenolic OH excluding ortho intramolecular Hbond substituents is 1. The van der Waals surface area contributed by atoms with Crippen LogP contribution < -0.4 is 4.74 Å². The van der Waals surface area contributed by atoms with Crippen molar-refractivity contribution in [1.82, 2.24) is 0 Å². The first-order valence-corrected chi connectivity index (χ1v) is 15.7. The number of benzene rings is 5. The van der Waals surface area contributed by atoms with E-state index in [1.54, 1.807) is 6.07 Å². The van der Waals surface area contributed by atoms with Gasteiger partial charge in [0.05, 0.1) is 0 Å². The maximum atomic E-state index is 8.92. The van der Waals surface area contributed by atoms with Crippen LogP contribution in [0.3, 0.4) is 0 Å². The Morgan fingerprint density at radius 1 is 0.419 bits per heavy atom. The van der Waals surface area contributed by atoms with Crippen molar-refractivity contribution in [3.8, 4) is 17.2 Å². The van der Waals surface area contributed by atoms with Crippen molar-refractivity contribution in [2.75, 3.05) is 0 Å². The van der Waals surface area contributed by atoms with Crippen molar-refractivity contribution in [3.05, 3.63) is 161 Å². The van der Waals surface area contributed by atoms with Gasteiger partial charge in [0.25, 0.3) is 0 Å². The summed E-state index contributed by atoms with van der Waals surface area (Å²) in [6, 6.07) is 44.4. The molecule has 0 aliphatic rings. The first kappa shape index (κ1) is 36.7. The molecule has 2 heteroatoms. The fourth-order valence-electron chi connectivity index (χ4n) is 3.70. The summed E-state index contributed by atoms with van der Waals surface area (Å²) in [5.41, 5.74) is 6.64. The van der Waals surface area contributed by atoms with E-state index in [-0.39, 0.29) is 0 Å². The van der Waals surface area contributed by atoms with E-state index >= 15 is 0 Å². The molecular weight excluding hydrogens is 524 g/mol. The molecule has 0 spiro atoms. The molecule has 0 aliphatic heterocycles. The van der Waals surface area contributed by atoms with Gasteiger partial charge in [0.15, 0.2) is 0 Å². The maximum absolute atomic E-state index is 8.92. The van der Waals surface area contributed by atoms with Crippen molar-refractivity contribution in [2.24, 2.45) is 0 Å². The highest BCUT2D eigenvalue weighted by Gasteiger charge is 1.93. The van der Waals surface area contributed by atoms with Gasteiger partial charge in [-0.15, -0.1) is 0 Å². The van der Waals surface area contributed by atoms with Crippen molar-refractivity contribution in [2.45, 2.75) is 74.1 Å². The predicted molar refractivity (Wildman–Crippen MR) is 188 cm³/mol. The van der Waals surface area contributed by atoms with Gasteiger partial charge in [-0.2, -0.15) is 0 Å². The molecule has 5 aromatic carbocycles. The zero-order valence-electron chi connectivity index (χ0n) is 27.4. The molecule has 0 fully saturated rings. The highest BCUT2D eigenvalue weighted by Crippen LogP contribution is 2.19. The van der Waals surface area contributed by atoms with E-state index in [0.29, 0.717) is 5.75 Å². The minimum Gasteiger partial charge on any atom is -0.508 e. The van der Waals surface area contributed by atoms with E-state index in [1.165, 1.54) is 22.3 Å². The molecule has 43 heavy (non-hydrogen) atoms. The van der Waals surface area contributed by atoms with Gasteiger partial charge in [0.2, 0.25) is 0 Å². The minimum absolute atomic E-state index is 0.368. The summed E-state index contributed by atoms with van der Waals surface area (Å²) in [6.45, 7) is 14.6. The molecule has 5 aromatic rings.